The number of methoxy groups -OCH3 is 2. The normalized spacial score (nSPS) is 10.9. The molecule has 0 bridgehead atoms. The summed E-state index contributed by atoms with van der Waals surface area (Å²) in [7, 11) is 3.11. The van der Waals surface area contributed by atoms with E-state index in [1.807, 2.05) is 36.4 Å². The Kier molecular flexibility index (Phi) is 3.96. The molecule has 2 aromatic heterocycles. The van der Waals surface area contributed by atoms with Crippen LogP contribution in [0.5, 0.6) is 11.5 Å². The summed E-state index contributed by atoms with van der Waals surface area (Å²) in [4.78, 5) is 0. The molecular weight excluding hydrogens is 335 g/mol. The van der Waals surface area contributed by atoms with Crippen molar-refractivity contribution in [2.24, 2.45) is 0 Å². The van der Waals surface area contributed by atoms with Crippen molar-refractivity contribution >= 4 is 5.65 Å². The fourth-order valence-electron chi connectivity index (χ4n) is 2.72. The molecule has 26 heavy (non-hydrogen) atoms. The van der Waals surface area contributed by atoms with Crippen LogP contribution in [0.4, 0.5) is 4.39 Å². The van der Waals surface area contributed by atoms with E-state index in [2.05, 4.69) is 15.3 Å². The number of nitrogens with zero attached hydrogens (tertiary/aromatic N) is 4. The van der Waals surface area contributed by atoms with Gasteiger partial charge in [0.25, 0.3) is 0 Å². The van der Waals surface area contributed by atoms with Gasteiger partial charge in [-0.3, -0.25) is 0 Å². The molecule has 0 fully saturated rings. The molecule has 0 unspecified atom stereocenters. The molecule has 0 amide bonds. The highest BCUT2D eigenvalue weighted by atomic mass is 19.1. The Hall–Kier alpha value is -3.48. The van der Waals surface area contributed by atoms with E-state index in [4.69, 9.17) is 9.47 Å². The average Bonchev–Trinajstić information content (AvgIpc) is 3.11. The maximum Gasteiger partial charge on any atom is 0.189 e. The minimum atomic E-state index is -0.383. The third-order valence-corrected chi connectivity index (χ3v) is 4.05. The van der Waals surface area contributed by atoms with E-state index in [1.54, 1.807) is 17.7 Å². The Bertz CT molecular complexity index is 1080. The molecule has 0 saturated carbocycles. The van der Waals surface area contributed by atoms with E-state index in [0.717, 1.165) is 17.0 Å². The lowest BCUT2D eigenvalue weighted by Gasteiger charge is -2.08. The van der Waals surface area contributed by atoms with Crippen LogP contribution in [0.3, 0.4) is 0 Å². The Morgan fingerprint density at radius 2 is 1.69 bits per heavy atom. The SMILES string of the molecule is COc1ccc(-c2ccc3nnc(-c4ccc(F)cc4OC)n3n2)cc1. The summed E-state index contributed by atoms with van der Waals surface area (Å²) in [6.07, 6.45) is 0. The van der Waals surface area contributed by atoms with Crippen molar-refractivity contribution in [3.05, 3.63) is 60.4 Å². The van der Waals surface area contributed by atoms with E-state index in [0.29, 0.717) is 22.8 Å². The van der Waals surface area contributed by atoms with Gasteiger partial charge in [-0.05, 0) is 48.5 Å². The summed E-state index contributed by atoms with van der Waals surface area (Å²) in [5, 5.41) is 13.0. The lowest BCUT2D eigenvalue weighted by molar-refractivity contribution is 0.412. The van der Waals surface area contributed by atoms with Crippen molar-refractivity contribution in [2.45, 2.75) is 0 Å². The molecule has 7 heteroatoms. The zero-order chi connectivity index (χ0) is 18.1. The average molecular weight is 350 g/mol. The zero-order valence-electron chi connectivity index (χ0n) is 14.2. The summed E-state index contributed by atoms with van der Waals surface area (Å²) in [6.45, 7) is 0. The summed E-state index contributed by atoms with van der Waals surface area (Å²) in [6, 6.07) is 15.6. The van der Waals surface area contributed by atoms with Crippen LogP contribution in [-0.2, 0) is 0 Å². The molecule has 0 spiro atoms. The maximum absolute atomic E-state index is 13.5. The lowest BCUT2D eigenvalue weighted by atomic mass is 10.1. The Labute approximate surface area is 148 Å². The number of hydrogen-bond acceptors (Lipinski definition) is 5. The molecule has 4 rings (SSSR count). The largest absolute Gasteiger partial charge is 0.497 e. The van der Waals surface area contributed by atoms with E-state index in [1.165, 1.54) is 19.2 Å². The van der Waals surface area contributed by atoms with Crippen LogP contribution in [0.2, 0.25) is 0 Å². The van der Waals surface area contributed by atoms with Gasteiger partial charge in [0.05, 0.1) is 25.5 Å². The maximum atomic E-state index is 13.5. The molecule has 6 nitrogen and oxygen atoms in total. The topological polar surface area (TPSA) is 61.5 Å². The highest BCUT2D eigenvalue weighted by Crippen LogP contribution is 2.30. The molecule has 0 atom stereocenters. The van der Waals surface area contributed by atoms with E-state index in [9.17, 15) is 4.39 Å². The standard InChI is InChI=1S/C19H15FN4O2/c1-25-14-6-3-12(4-7-14)16-9-10-18-21-22-19(24(18)23-16)15-8-5-13(20)11-17(15)26-2/h3-11H,1-2H3. The minimum absolute atomic E-state index is 0.371. The summed E-state index contributed by atoms with van der Waals surface area (Å²) in [5.41, 5.74) is 2.88. The van der Waals surface area contributed by atoms with Gasteiger partial charge in [-0.15, -0.1) is 10.2 Å². The first-order chi connectivity index (χ1) is 12.7. The van der Waals surface area contributed by atoms with Crippen LogP contribution in [0, 0.1) is 5.82 Å². The Balaban J connectivity index is 1.85. The van der Waals surface area contributed by atoms with E-state index >= 15 is 0 Å². The molecule has 0 aliphatic rings. The molecule has 2 aromatic carbocycles. The van der Waals surface area contributed by atoms with Crippen molar-refractivity contribution < 1.29 is 13.9 Å². The third kappa shape index (κ3) is 2.73. The monoisotopic (exact) mass is 350 g/mol. The predicted molar refractivity (Wildman–Crippen MR) is 94.7 cm³/mol. The van der Waals surface area contributed by atoms with Crippen molar-refractivity contribution in [3.8, 4) is 34.1 Å². The fourth-order valence-corrected chi connectivity index (χ4v) is 2.72. The van der Waals surface area contributed by atoms with Gasteiger partial charge in [0.15, 0.2) is 11.5 Å². The minimum Gasteiger partial charge on any atom is -0.497 e. The molecule has 0 saturated heterocycles. The summed E-state index contributed by atoms with van der Waals surface area (Å²) >= 11 is 0. The van der Waals surface area contributed by atoms with Crippen LogP contribution in [0.1, 0.15) is 0 Å². The first kappa shape index (κ1) is 16.0. The molecule has 2 heterocycles. The van der Waals surface area contributed by atoms with E-state index in [-0.39, 0.29) is 5.82 Å². The molecule has 4 aromatic rings. The van der Waals surface area contributed by atoms with Crippen LogP contribution in [0.15, 0.2) is 54.6 Å². The van der Waals surface area contributed by atoms with Gasteiger partial charge in [0, 0.05) is 11.6 Å². The molecule has 0 aliphatic carbocycles. The quantitative estimate of drug-likeness (QED) is 0.563. The molecular formula is C19H15FN4O2. The Morgan fingerprint density at radius 1 is 0.885 bits per heavy atom. The second kappa shape index (κ2) is 6.44. The van der Waals surface area contributed by atoms with Gasteiger partial charge in [0.1, 0.15) is 17.3 Å². The number of rotatable bonds is 4. The number of benzene rings is 2. The molecule has 0 radical (unpaired) electrons. The predicted octanol–water partition coefficient (Wildman–Crippen LogP) is 3.61. The van der Waals surface area contributed by atoms with Crippen molar-refractivity contribution in [3.63, 3.8) is 0 Å². The van der Waals surface area contributed by atoms with Gasteiger partial charge in [-0.2, -0.15) is 9.61 Å². The second-order valence-electron chi connectivity index (χ2n) is 5.59. The van der Waals surface area contributed by atoms with Gasteiger partial charge in [0.2, 0.25) is 0 Å². The van der Waals surface area contributed by atoms with Crippen LogP contribution in [-0.4, -0.2) is 34.0 Å². The first-order valence-corrected chi connectivity index (χ1v) is 7.90. The van der Waals surface area contributed by atoms with Crippen LogP contribution < -0.4 is 9.47 Å². The summed E-state index contributed by atoms with van der Waals surface area (Å²) in [5.74, 6) is 1.24. The number of hydrogen-bond donors (Lipinski definition) is 0. The van der Waals surface area contributed by atoms with Gasteiger partial charge in [-0.25, -0.2) is 4.39 Å². The Morgan fingerprint density at radius 3 is 2.42 bits per heavy atom. The third-order valence-electron chi connectivity index (χ3n) is 4.05. The zero-order valence-corrected chi connectivity index (χ0v) is 14.2. The van der Waals surface area contributed by atoms with Crippen molar-refractivity contribution in [1.29, 1.82) is 0 Å². The molecule has 0 aliphatic heterocycles. The fraction of sp³-hybridized carbons (Fsp3) is 0.105. The smallest absolute Gasteiger partial charge is 0.189 e. The lowest BCUT2D eigenvalue weighted by Crippen LogP contribution is -1.99. The first-order valence-electron chi connectivity index (χ1n) is 7.90. The van der Waals surface area contributed by atoms with Crippen molar-refractivity contribution in [1.82, 2.24) is 19.8 Å². The van der Waals surface area contributed by atoms with Crippen molar-refractivity contribution in [2.75, 3.05) is 14.2 Å². The molecule has 0 N–H and O–H groups in total. The number of fused-ring (bicyclic) bond motifs is 1. The van der Waals surface area contributed by atoms with Gasteiger partial charge in [-0.1, -0.05) is 0 Å². The van der Waals surface area contributed by atoms with Gasteiger partial charge < -0.3 is 9.47 Å². The van der Waals surface area contributed by atoms with E-state index < -0.39 is 0 Å². The number of halogens is 1. The highest BCUT2D eigenvalue weighted by molar-refractivity contribution is 5.68. The van der Waals surface area contributed by atoms with Crippen LogP contribution >= 0.6 is 0 Å². The summed E-state index contributed by atoms with van der Waals surface area (Å²) < 4.78 is 25.6. The second-order valence-corrected chi connectivity index (χ2v) is 5.59. The van der Waals surface area contributed by atoms with Crippen LogP contribution in [0.25, 0.3) is 28.3 Å². The molecule has 130 valence electrons. The number of ether oxygens (including phenoxy) is 2. The number of aromatic nitrogens is 4. The highest BCUT2D eigenvalue weighted by Gasteiger charge is 2.15. The van der Waals surface area contributed by atoms with Gasteiger partial charge >= 0.3 is 0 Å².